The molecule has 7 aliphatic carbocycles. The lowest BCUT2D eigenvalue weighted by Crippen LogP contribution is -2.54. The topological polar surface area (TPSA) is 0 Å². The van der Waals surface area contributed by atoms with E-state index in [0.29, 0.717) is 0 Å². The highest BCUT2D eigenvalue weighted by Gasteiger charge is 2.63. The van der Waals surface area contributed by atoms with E-state index in [-0.39, 0.29) is 0 Å². The molecule has 0 nitrogen and oxygen atoms in total. The van der Waals surface area contributed by atoms with Crippen molar-refractivity contribution in [3.05, 3.63) is 0 Å². The Labute approximate surface area is 197 Å². The highest BCUT2D eigenvalue weighted by atomic mass is 14.7. The largest absolute Gasteiger partial charge is 0.0625 e. The first-order chi connectivity index (χ1) is 14.4. The van der Waals surface area contributed by atoms with E-state index in [1.54, 1.807) is 38.5 Å². The second kappa shape index (κ2) is 9.70. The van der Waals surface area contributed by atoms with Gasteiger partial charge in [0.1, 0.15) is 0 Å². The van der Waals surface area contributed by atoms with Crippen LogP contribution in [0.25, 0.3) is 0 Å². The normalized spacial score (nSPS) is 34.7. The maximum atomic E-state index is 2.40. The van der Waals surface area contributed by atoms with Crippen LogP contribution in [0.4, 0.5) is 0 Å². The molecule has 0 radical (unpaired) electrons. The molecular formula is C31H58. The summed E-state index contributed by atoms with van der Waals surface area (Å²) in [5, 5.41) is 0. The Morgan fingerprint density at radius 2 is 1.16 bits per heavy atom. The first-order valence-electron chi connectivity index (χ1n) is 14.4. The van der Waals surface area contributed by atoms with Crippen LogP contribution < -0.4 is 0 Å². The van der Waals surface area contributed by atoms with Crippen molar-refractivity contribution in [3.63, 3.8) is 0 Å². The summed E-state index contributed by atoms with van der Waals surface area (Å²) in [4.78, 5) is 0. The molecule has 7 saturated carbocycles. The molecule has 0 aromatic rings. The smallest absolute Gasteiger partial charge is 0.0263 e. The number of rotatable bonds is 4. The third-order valence-corrected chi connectivity index (χ3v) is 11.2. The van der Waals surface area contributed by atoms with Gasteiger partial charge >= 0.3 is 0 Å². The minimum Gasteiger partial charge on any atom is -0.0625 e. The SMILES string of the molecule is CC(C)C1(C)CCC1.CC(C)C12CC(C1)C2.CC(C)C1CC12CC2.CC(C)C1CCC1. The molecule has 182 valence electrons. The van der Waals surface area contributed by atoms with Crippen molar-refractivity contribution in [1.29, 1.82) is 0 Å². The van der Waals surface area contributed by atoms with Gasteiger partial charge in [-0.1, -0.05) is 88.0 Å². The van der Waals surface area contributed by atoms with Gasteiger partial charge in [0.2, 0.25) is 0 Å². The Morgan fingerprint density at radius 3 is 1.19 bits per heavy atom. The van der Waals surface area contributed by atoms with E-state index in [9.17, 15) is 0 Å². The van der Waals surface area contributed by atoms with Gasteiger partial charge in [-0.3, -0.25) is 0 Å². The molecule has 31 heavy (non-hydrogen) atoms. The Kier molecular flexibility index (Phi) is 8.02. The fraction of sp³-hybridized carbons (Fsp3) is 1.00. The van der Waals surface area contributed by atoms with Crippen LogP contribution in [0.15, 0.2) is 0 Å². The van der Waals surface area contributed by atoms with Gasteiger partial charge in [-0.05, 0) is 109 Å². The lowest BCUT2D eigenvalue weighted by molar-refractivity contribution is -0.141. The summed E-state index contributed by atoms with van der Waals surface area (Å²) in [6, 6.07) is 0. The van der Waals surface area contributed by atoms with E-state index in [2.05, 4.69) is 62.3 Å². The molecule has 7 rings (SSSR count). The maximum Gasteiger partial charge on any atom is -0.0263 e. The molecule has 0 N–H and O–H groups in total. The standard InChI is InChI=1S/2C8H14.C8H16.C7H14/c1-6(2)8-3-7(4-8)5-8;1-6(2)7-5-8(7)3-4-8;1-7(2)8(3)5-4-6-8;1-6(2)7-4-3-5-7/h2*6-7H,3-5H2,1-2H3;7H,4-6H2,1-3H3;6-7H,3-5H2,1-2H3. The zero-order chi connectivity index (χ0) is 23.0. The molecule has 7 aliphatic rings. The Hall–Kier alpha value is 0. The van der Waals surface area contributed by atoms with E-state index in [0.717, 1.165) is 57.7 Å². The molecule has 2 bridgehead atoms. The predicted octanol–water partition coefficient (Wildman–Crippen LogP) is 10.2. The van der Waals surface area contributed by atoms with E-state index < -0.39 is 0 Å². The van der Waals surface area contributed by atoms with E-state index >= 15 is 0 Å². The van der Waals surface area contributed by atoms with Crippen LogP contribution in [0.1, 0.15) is 139 Å². The van der Waals surface area contributed by atoms with E-state index in [4.69, 9.17) is 0 Å². The molecule has 7 fully saturated rings. The van der Waals surface area contributed by atoms with Crippen molar-refractivity contribution < 1.29 is 0 Å². The van der Waals surface area contributed by atoms with Crippen LogP contribution >= 0.6 is 0 Å². The minimum absolute atomic E-state index is 0.722. The molecule has 1 atom stereocenters. The lowest BCUT2D eigenvalue weighted by Gasteiger charge is -2.64. The minimum atomic E-state index is 0.722. The molecule has 0 amide bonds. The summed E-state index contributed by atoms with van der Waals surface area (Å²) in [5.41, 5.74) is 2.53. The van der Waals surface area contributed by atoms with Gasteiger partial charge in [0.25, 0.3) is 0 Å². The first-order valence-corrected chi connectivity index (χ1v) is 14.4. The quantitative estimate of drug-likeness (QED) is 0.416. The third-order valence-electron chi connectivity index (χ3n) is 11.2. The van der Waals surface area contributed by atoms with Gasteiger partial charge in [0.05, 0.1) is 0 Å². The van der Waals surface area contributed by atoms with Gasteiger partial charge in [-0.15, -0.1) is 0 Å². The van der Waals surface area contributed by atoms with Gasteiger partial charge < -0.3 is 0 Å². The zero-order valence-electron chi connectivity index (χ0n) is 23.0. The third kappa shape index (κ3) is 5.93. The summed E-state index contributed by atoms with van der Waals surface area (Å²) >= 11 is 0. The van der Waals surface area contributed by atoms with Gasteiger partial charge in [0, 0.05) is 0 Å². The van der Waals surface area contributed by atoms with Crippen LogP contribution in [-0.2, 0) is 0 Å². The molecule has 0 saturated heterocycles. The second-order valence-corrected chi connectivity index (χ2v) is 14.5. The van der Waals surface area contributed by atoms with Crippen molar-refractivity contribution in [1.82, 2.24) is 0 Å². The van der Waals surface area contributed by atoms with Crippen LogP contribution in [0.2, 0.25) is 0 Å². The van der Waals surface area contributed by atoms with Crippen LogP contribution in [0.3, 0.4) is 0 Å². The molecule has 0 aromatic heterocycles. The summed E-state index contributed by atoms with van der Waals surface area (Å²) in [7, 11) is 0. The Balaban J connectivity index is 0.000000117. The van der Waals surface area contributed by atoms with Crippen LogP contribution in [0, 0.1) is 57.7 Å². The number of hydrogen-bond acceptors (Lipinski definition) is 0. The van der Waals surface area contributed by atoms with Crippen molar-refractivity contribution >= 4 is 0 Å². The highest BCUT2D eigenvalue weighted by molar-refractivity contribution is 5.12. The lowest BCUT2D eigenvalue weighted by atomic mass is 9.41. The Bertz CT molecular complexity index is 521. The fourth-order valence-corrected chi connectivity index (χ4v) is 6.73. The first kappa shape index (κ1) is 25.6. The highest BCUT2D eigenvalue weighted by Crippen LogP contribution is 2.72. The maximum absolute atomic E-state index is 2.40. The van der Waals surface area contributed by atoms with Gasteiger partial charge in [0.15, 0.2) is 0 Å². The number of hydrogen-bond donors (Lipinski definition) is 0. The summed E-state index contributed by atoms with van der Waals surface area (Å²) < 4.78 is 0. The average molecular weight is 431 g/mol. The molecule has 0 heterocycles. The molecule has 1 unspecified atom stereocenters. The van der Waals surface area contributed by atoms with Crippen molar-refractivity contribution in [2.24, 2.45) is 57.7 Å². The molecular weight excluding hydrogens is 372 g/mol. The molecule has 0 aromatic carbocycles. The van der Waals surface area contributed by atoms with Crippen LogP contribution in [-0.4, -0.2) is 0 Å². The van der Waals surface area contributed by atoms with E-state index in [1.165, 1.54) is 38.5 Å². The molecule has 1 spiro atoms. The zero-order valence-corrected chi connectivity index (χ0v) is 23.0. The Morgan fingerprint density at radius 1 is 0.613 bits per heavy atom. The van der Waals surface area contributed by atoms with Crippen molar-refractivity contribution in [2.45, 2.75) is 139 Å². The average Bonchev–Trinajstić information content (AvgIpc) is 3.40. The monoisotopic (exact) mass is 430 g/mol. The summed E-state index contributed by atoms with van der Waals surface area (Å²) in [5.74, 6) is 7.16. The van der Waals surface area contributed by atoms with Gasteiger partial charge in [-0.2, -0.15) is 0 Å². The molecule has 0 aliphatic heterocycles. The van der Waals surface area contributed by atoms with Crippen LogP contribution in [0.5, 0.6) is 0 Å². The summed E-state index contributed by atoms with van der Waals surface area (Å²) in [6.45, 7) is 21.2. The van der Waals surface area contributed by atoms with Gasteiger partial charge in [-0.25, -0.2) is 0 Å². The van der Waals surface area contributed by atoms with E-state index in [1.807, 2.05) is 0 Å². The predicted molar refractivity (Wildman–Crippen MR) is 138 cm³/mol. The van der Waals surface area contributed by atoms with Crippen molar-refractivity contribution in [3.8, 4) is 0 Å². The molecule has 0 heteroatoms. The second-order valence-electron chi connectivity index (χ2n) is 14.5. The van der Waals surface area contributed by atoms with Crippen molar-refractivity contribution in [2.75, 3.05) is 0 Å². The fourth-order valence-electron chi connectivity index (χ4n) is 6.73. The summed E-state index contributed by atoms with van der Waals surface area (Å²) in [6.07, 6.45) is 18.2.